The molecule has 2 aliphatic rings. The van der Waals surface area contributed by atoms with Crippen molar-refractivity contribution in [1.29, 1.82) is 0 Å². The molecule has 0 radical (unpaired) electrons. The number of hydrogen-bond acceptors (Lipinski definition) is 3. The van der Waals surface area contributed by atoms with E-state index in [1.165, 1.54) is 73.0 Å². The number of nitrogens with zero attached hydrogens (tertiary/aromatic N) is 1. The van der Waals surface area contributed by atoms with Crippen molar-refractivity contribution in [2.45, 2.75) is 117 Å². The van der Waals surface area contributed by atoms with E-state index < -0.39 is 0 Å². The summed E-state index contributed by atoms with van der Waals surface area (Å²) in [5.41, 5.74) is 9.28. The highest BCUT2D eigenvalue weighted by molar-refractivity contribution is 7.99. The molecule has 2 fully saturated rings. The summed E-state index contributed by atoms with van der Waals surface area (Å²) in [7, 11) is 0. The average Bonchev–Trinajstić information content (AvgIpc) is 4.04. The SMILES string of the molecule is CC.CCC1(CS)CC1.CCC1(CS[C@@H](Cc2ccc3ccc(Cl)cc3n2)c2cccc(CCCc3ccccc3C(C)C)c2)CC1. The van der Waals surface area contributed by atoms with Crippen LogP contribution in [0.1, 0.15) is 126 Å². The normalized spacial score (nSPS) is 16.1. The van der Waals surface area contributed by atoms with E-state index in [1.54, 1.807) is 0 Å². The molecule has 3 aromatic carbocycles. The lowest BCUT2D eigenvalue weighted by Crippen LogP contribution is -2.08. The van der Waals surface area contributed by atoms with Crippen LogP contribution in [0.4, 0.5) is 0 Å². The Hall–Kier alpha value is -1.94. The number of halogens is 1. The summed E-state index contributed by atoms with van der Waals surface area (Å²) >= 11 is 12.7. The van der Waals surface area contributed by atoms with E-state index in [0.29, 0.717) is 22.0 Å². The van der Waals surface area contributed by atoms with Gasteiger partial charge in [0.05, 0.1) is 5.52 Å². The van der Waals surface area contributed by atoms with Crippen molar-refractivity contribution in [3.8, 4) is 0 Å². The van der Waals surface area contributed by atoms with Gasteiger partial charge in [-0.2, -0.15) is 24.4 Å². The largest absolute Gasteiger partial charge is 0.253 e. The maximum atomic E-state index is 6.27. The fraction of sp³-hybridized carbons (Fsp3) is 0.512. The molecule has 0 N–H and O–H groups in total. The van der Waals surface area contributed by atoms with Crippen LogP contribution in [0, 0.1) is 10.8 Å². The molecular weight excluding hydrogens is 630 g/mol. The molecule has 2 saturated carbocycles. The lowest BCUT2D eigenvalue weighted by atomic mass is 9.93. The summed E-state index contributed by atoms with van der Waals surface area (Å²) in [6.45, 7) is 13.2. The second-order valence-electron chi connectivity index (χ2n) is 14.0. The number of aromatic nitrogens is 1. The monoisotopic (exact) mass is 687 g/mol. The zero-order valence-electron chi connectivity index (χ0n) is 29.8. The summed E-state index contributed by atoms with van der Waals surface area (Å²) in [6, 6.07) is 28.7. The predicted molar refractivity (Wildman–Crippen MR) is 214 cm³/mol. The second kappa shape index (κ2) is 18.2. The molecule has 1 nitrogen and oxygen atoms in total. The number of hydrogen-bond donors (Lipinski definition) is 1. The van der Waals surface area contributed by atoms with E-state index in [9.17, 15) is 0 Å². The number of thiol groups is 1. The molecule has 1 heterocycles. The summed E-state index contributed by atoms with van der Waals surface area (Å²) in [5.74, 6) is 2.91. The van der Waals surface area contributed by atoms with Crippen LogP contribution in [0.25, 0.3) is 10.9 Å². The third-order valence-corrected chi connectivity index (χ3v) is 12.9. The molecule has 4 aromatic rings. The Kier molecular flexibility index (Phi) is 14.6. The molecule has 0 spiro atoms. The van der Waals surface area contributed by atoms with E-state index in [0.717, 1.165) is 46.6 Å². The van der Waals surface area contributed by atoms with Crippen molar-refractivity contribution in [1.82, 2.24) is 4.98 Å². The van der Waals surface area contributed by atoms with Crippen molar-refractivity contribution < 1.29 is 0 Å². The molecule has 0 amide bonds. The van der Waals surface area contributed by atoms with Gasteiger partial charge in [0.15, 0.2) is 0 Å². The van der Waals surface area contributed by atoms with Crippen molar-refractivity contribution >= 4 is 46.9 Å². The fourth-order valence-electron chi connectivity index (χ4n) is 6.32. The lowest BCUT2D eigenvalue weighted by molar-refractivity contribution is 0.561. The molecular formula is C43H58ClNS2. The molecule has 47 heavy (non-hydrogen) atoms. The zero-order chi connectivity index (χ0) is 33.9. The van der Waals surface area contributed by atoms with Crippen LogP contribution in [-0.4, -0.2) is 16.5 Å². The Morgan fingerprint density at radius 3 is 2.17 bits per heavy atom. The molecule has 2 aliphatic carbocycles. The van der Waals surface area contributed by atoms with Crippen molar-refractivity contribution in [3.63, 3.8) is 0 Å². The smallest absolute Gasteiger partial charge is 0.0720 e. The highest BCUT2D eigenvalue weighted by Gasteiger charge is 2.41. The van der Waals surface area contributed by atoms with E-state index in [1.807, 2.05) is 26.0 Å². The van der Waals surface area contributed by atoms with Crippen molar-refractivity contribution in [2.75, 3.05) is 11.5 Å². The van der Waals surface area contributed by atoms with Gasteiger partial charge in [-0.1, -0.05) is 114 Å². The van der Waals surface area contributed by atoms with E-state index in [-0.39, 0.29) is 0 Å². The number of fused-ring (bicyclic) bond motifs is 1. The van der Waals surface area contributed by atoms with Crippen LogP contribution >= 0.6 is 36.0 Å². The van der Waals surface area contributed by atoms with E-state index in [4.69, 9.17) is 16.6 Å². The number of aryl methyl sites for hydroxylation is 2. The predicted octanol–water partition coefficient (Wildman–Crippen LogP) is 13.5. The molecule has 4 heteroatoms. The first-order valence-electron chi connectivity index (χ1n) is 18.2. The Morgan fingerprint density at radius 2 is 1.53 bits per heavy atom. The highest BCUT2D eigenvalue weighted by Crippen LogP contribution is 2.53. The molecule has 1 aromatic heterocycles. The third kappa shape index (κ3) is 11.0. The first-order chi connectivity index (χ1) is 22.8. The summed E-state index contributed by atoms with van der Waals surface area (Å²) < 4.78 is 0. The van der Waals surface area contributed by atoms with Crippen LogP contribution in [0.5, 0.6) is 0 Å². The molecule has 0 saturated heterocycles. The Balaban J connectivity index is 0.000000486. The minimum atomic E-state index is 0.407. The minimum absolute atomic E-state index is 0.407. The van der Waals surface area contributed by atoms with Crippen LogP contribution in [0.15, 0.2) is 78.9 Å². The van der Waals surface area contributed by atoms with Gasteiger partial charge in [0.2, 0.25) is 0 Å². The first-order valence-corrected chi connectivity index (χ1v) is 20.3. The van der Waals surface area contributed by atoms with Gasteiger partial charge >= 0.3 is 0 Å². The highest BCUT2D eigenvalue weighted by atomic mass is 35.5. The van der Waals surface area contributed by atoms with Gasteiger partial charge in [0.1, 0.15) is 0 Å². The summed E-state index contributed by atoms with van der Waals surface area (Å²) in [6.07, 6.45) is 12.6. The van der Waals surface area contributed by atoms with Gasteiger partial charge in [-0.25, -0.2) is 0 Å². The molecule has 0 aliphatic heterocycles. The third-order valence-electron chi connectivity index (χ3n) is 10.4. The van der Waals surface area contributed by atoms with Gasteiger partial charge in [-0.3, -0.25) is 4.98 Å². The van der Waals surface area contributed by atoms with Gasteiger partial charge in [0.25, 0.3) is 0 Å². The molecule has 254 valence electrons. The van der Waals surface area contributed by atoms with Crippen LogP contribution in [0.2, 0.25) is 5.02 Å². The average molecular weight is 689 g/mol. The topological polar surface area (TPSA) is 12.9 Å². The zero-order valence-corrected chi connectivity index (χ0v) is 32.3. The maximum Gasteiger partial charge on any atom is 0.0720 e. The molecule has 0 unspecified atom stereocenters. The Morgan fingerprint density at radius 1 is 0.830 bits per heavy atom. The number of pyridine rings is 1. The summed E-state index contributed by atoms with van der Waals surface area (Å²) in [4.78, 5) is 5.01. The summed E-state index contributed by atoms with van der Waals surface area (Å²) in [5, 5.41) is 2.30. The van der Waals surface area contributed by atoms with Crippen molar-refractivity contribution in [3.05, 3.63) is 112 Å². The Labute approximate surface area is 301 Å². The molecule has 6 rings (SSSR count). The van der Waals surface area contributed by atoms with Gasteiger partial charge in [-0.15, -0.1) is 0 Å². The van der Waals surface area contributed by atoms with Crippen LogP contribution in [0.3, 0.4) is 0 Å². The molecule has 1 atom stereocenters. The number of rotatable bonds is 14. The minimum Gasteiger partial charge on any atom is -0.253 e. The second-order valence-corrected chi connectivity index (χ2v) is 15.9. The lowest BCUT2D eigenvalue weighted by Gasteiger charge is -2.21. The molecule has 0 bridgehead atoms. The first kappa shape index (κ1) is 37.9. The van der Waals surface area contributed by atoms with Gasteiger partial charge in [0, 0.05) is 27.8 Å². The Bertz CT molecular complexity index is 1530. The number of thioether (sulfide) groups is 1. The van der Waals surface area contributed by atoms with E-state index in [2.05, 4.69) is 119 Å². The van der Waals surface area contributed by atoms with Gasteiger partial charge < -0.3 is 0 Å². The van der Waals surface area contributed by atoms with Crippen molar-refractivity contribution in [2.24, 2.45) is 10.8 Å². The quantitative estimate of drug-likeness (QED) is 0.132. The van der Waals surface area contributed by atoms with Gasteiger partial charge in [-0.05, 0) is 126 Å². The van der Waals surface area contributed by atoms with Crippen LogP contribution in [-0.2, 0) is 19.3 Å². The van der Waals surface area contributed by atoms with E-state index >= 15 is 0 Å². The fourth-order valence-corrected chi connectivity index (χ4v) is 8.70. The maximum absolute atomic E-state index is 6.27. The number of benzene rings is 3. The standard InChI is InChI=1S/C35H40ClNS.C6H12S.C2H6/c1-4-35(19-20-35)24-38-34(23-31-18-16-28-15-17-30(36)22-33(28)37-31)29-13-8-10-26(21-29)9-7-12-27-11-5-6-14-32(27)25(2)3;1-2-6(5-7)3-4-6;1-2/h5-6,8,10-11,13-18,21-22,25,34H,4,7,9,12,19-20,23-24H2,1-3H3;7H,2-5H2,1H3;1-2H3/t34-;;/m0../s1. The van der Waals surface area contributed by atoms with Crippen LogP contribution < -0.4 is 0 Å².